The highest BCUT2D eigenvalue weighted by molar-refractivity contribution is 14.1. The number of imidazole rings is 1. The van der Waals surface area contributed by atoms with E-state index in [1.165, 1.54) is 0 Å². The summed E-state index contributed by atoms with van der Waals surface area (Å²) in [6.45, 7) is 2.61. The van der Waals surface area contributed by atoms with Crippen molar-refractivity contribution in [3.8, 4) is 11.5 Å². The van der Waals surface area contributed by atoms with Gasteiger partial charge >= 0.3 is 0 Å². The molecular weight excluding hydrogens is 397 g/mol. The Morgan fingerprint density at radius 1 is 1.36 bits per heavy atom. The minimum atomic E-state index is -0.141. The van der Waals surface area contributed by atoms with Crippen LogP contribution in [0.25, 0.3) is 0 Å². The fourth-order valence-electron chi connectivity index (χ4n) is 2.09. The van der Waals surface area contributed by atoms with Crippen molar-refractivity contribution >= 4 is 28.5 Å². The van der Waals surface area contributed by atoms with Crippen molar-refractivity contribution in [3.05, 3.63) is 40.0 Å². The van der Waals surface area contributed by atoms with Gasteiger partial charge in [-0.2, -0.15) is 0 Å². The van der Waals surface area contributed by atoms with Gasteiger partial charge in [-0.1, -0.05) is 0 Å². The van der Waals surface area contributed by atoms with Crippen LogP contribution in [0, 0.1) is 3.57 Å². The zero-order valence-corrected chi connectivity index (χ0v) is 14.8. The first-order chi connectivity index (χ1) is 10.5. The lowest BCUT2D eigenvalue weighted by Gasteiger charge is -2.16. The number of amides is 1. The fourth-order valence-corrected chi connectivity index (χ4v) is 2.77. The zero-order valence-electron chi connectivity index (χ0n) is 12.7. The van der Waals surface area contributed by atoms with Crippen LogP contribution >= 0.6 is 22.6 Å². The highest BCUT2D eigenvalue weighted by Crippen LogP contribution is 2.31. The number of carbonyl (C=O) groups is 1. The van der Waals surface area contributed by atoms with Gasteiger partial charge in [0.1, 0.15) is 0 Å². The molecule has 1 N–H and O–H groups in total. The molecule has 1 heterocycles. The quantitative estimate of drug-likeness (QED) is 0.736. The van der Waals surface area contributed by atoms with Crippen molar-refractivity contribution in [2.45, 2.75) is 19.5 Å². The molecule has 0 saturated carbocycles. The van der Waals surface area contributed by atoms with E-state index in [4.69, 9.17) is 9.47 Å². The van der Waals surface area contributed by atoms with Crippen LogP contribution in [0.3, 0.4) is 0 Å². The molecular formula is C15H18IN3O3. The summed E-state index contributed by atoms with van der Waals surface area (Å²) in [6.07, 6.45) is 5.30. The normalized spacial score (nSPS) is 11.8. The lowest BCUT2D eigenvalue weighted by molar-refractivity contribution is 0.0935. The minimum Gasteiger partial charge on any atom is -0.493 e. The Labute approximate surface area is 143 Å². The van der Waals surface area contributed by atoms with E-state index in [0.29, 0.717) is 23.6 Å². The third kappa shape index (κ3) is 3.90. The van der Waals surface area contributed by atoms with Crippen molar-refractivity contribution in [1.29, 1.82) is 0 Å². The van der Waals surface area contributed by atoms with Crippen LogP contribution in [0.4, 0.5) is 0 Å². The van der Waals surface area contributed by atoms with Crippen LogP contribution in [0.5, 0.6) is 11.5 Å². The van der Waals surface area contributed by atoms with E-state index in [1.54, 1.807) is 38.9 Å². The Kier molecular flexibility index (Phi) is 5.64. The largest absolute Gasteiger partial charge is 0.493 e. The summed E-state index contributed by atoms with van der Waals surface area (Å²) in [5.74, 6) is 1.00. The lowest BCUT2D eigenvalue weighted by atomic mass is 10.1. The minimum absolute atomic E-state index is 0.0226. The van der Waals surface area contributed by atoms with E-state index in [9.17, 15) is 4.79 Å². The molecule has 1 atom stereocenters. The van der Waals surface area contributed by atoms with E-state index in [0.717, 1.165) is 3.57 Å². The highest BCUT2D eigenvalue weighted by Gasteiger charge is 2.17. The Hall–Kier alpha value is -1.77. The first kappa shape index (κ1) is 16.6. The zero-order chi connectivity index (χ0) is 16.1. The molecule has 0 saturated heterocycles. The Morgan fingerprint density at radius 2 is 2.05 bits per heavy atom. The summed E-state index contributed by atoms with van der Waals surface area (Å²) < 4.78 is 13.2. The second kappa shape index (κ2) is 7.48. The maximum atomic E-state index is 12.4. The first-order valence-corrected chi connectivity index (χ1v) is 7.81. The van der Waals surface area contributed by atoms with Crippen molar-refractivity contribution < 1.29 is 14.3 Å². The first-order valence-electron chi connectivity index (χ1n) is 6.73. The molecule has 0 aliphatic heterocycles. The molecule has 6 nitrogen and oxygen atoms in total. The number of rotatable bonds is 6. The second-order valence-corrected chi connectivity index (χ2v) is 5.98. The Balaban J connectivity index is 2.11. The van der Waals surface area contributed by atoms with Crippen LogP contribution in [0.1, 0.15) is 17.3 Å². The van der Waals surface area contributed by atoms with Crippen molar-refractivity contribution in [2.75, 3.05) is 14.2 Å². The third-order valence-electron chi connectivity index (χ3n) is 3.14. The average molecular weight is 415 g/mol. The molecule has 0 aliphatic carbocycles. The SMILES string of the molecule is COc1cc(I)c(C(=O)NC(C)Cn2ccnc2)cc1OC. The predicted molar refractivity (Wildman–Crippen MR) is 91.4 cm³/mol. The van der Waals surface area contributed by atoms with E-state index in [-0.39, 0.29) is 11.9 Å². The Bertz CT molecular complexity index is 644. The van der Waals surface area contributed by atoms with E-state index in [2.05, 4.69) is 32.9 Å². The van der Waals surface area contributed by atoms with E-state index < -0.39 is 0 Å². The number of nitrogens with one attached hydrogen (secondary N) is 1. The number of ether oxygens (including phenoxy) is 2. The summed E-state index contributed by atoms with van der Waals surface area (Å²) in [7, 11) is 3.12. The molecule has 1 unspecified atom stereocenters. The molecule has 0 radical (unpaired) electrons. The maximum absolute atomic E-state index is 12.4. The van der Waals surface area contributed by atoms with Crippen LogP contribution in [-0.4, -0.2) is 35.7 Å². The van der Waals surface area contributed by atoms with Crippen LogP contribution in [-0.2, 0) is 6.54 Å². The number of aromatic nitrogens is 2. The topological polar surface area (TPSA) is 65.4 Å². The molecule has 1 aromatic heterocycles. The van der Waals surface area contributed by atoms with Gasteiger partial charge in [-0.15, -0.1) is 0 Å². The number of nitrogens with zero attached hydrogens (tertiary/aromatic N) is 2. The van der Waals surface area contributed by atoms with Gasteiger partial charge in [0.2, 0.25) is 0 Å². The predicted octanol–water partition coefficient (Wildman–Crippen LogP) is 2.32. The molecule has 7 heteroatoms. The lowest BCUT2D eigenvalue weighted by Crippen LogP contribution is -2.35. The average Bonchev–Trinajstić information content (AvgIpc) is 2.99. The number of methoxy groups -OCH3 is 2. The molecule has 0 spiro atoms. The fraction of sp³-hybridized carbons (Fsp3) is 0.333. The van der Waals surface area contributed by atoms with Crippen LogP contribution < -0.4 is 14.8 Å². The summed E-state index contributed by atoms with van der Waals surface area (Å²) in [6, 6.07) is 3.46. The number of halogens is 1. The van der Waals surface area contributed by atoms with Gasteiger partial charge < -0.3 is 19.4 Å². The smallest absolute Gasteiger partial charge is 0.252 e. The monoisotopic (exact) mass is 415 g/mol. The molecule has 2 aromatic rings. The van der Waals surface area contributed by atoms with Crippen molar-refractivity contribution in [3.63, 3.8) is 0 Å². The molecule has 0 aliphatic rings. The molecule has 0 fully saturated rings. The van der Waals surface area contributed by atoms with Gasteiger partial charge in [0.25, 0.3) is 5.91 Å². The molecule has 1 aromatic carbocycles. The summed E-state index contributed by atoms with van der Waals surface area (Å²) in [5.41, 5.74) is 0.565. The van der Waals surface area contributed by atoms with Gasteiger partial charge in [-0.25, -0.2) is 4.98 Å². The van der Waals surface area contributed by atoms with Gasteiger partial charge in [0.15, 0.2) is 11.5 Å². The van der Waals surface area contributed by atoms with Gasteiger partial charge in [0, 0.05) is 28.6 Å². The van der Waals surface area contributed by atoms with Crippen LogP contribution in [0.2, 0.25) is 0 Å². The number of carbonyl (C=O) groups excluding carboxylic acids is 1. The highest BCUT2D eigenvalue weighted by atomic mass is 127. The summed E-state index contributed by atoms with van der Waals surface area (Å²) >= 11 is 2.12. The third-order valence-corrected chi connectivity index (χ3v) is 4.03. The molecule has 0 bridgehead atoms. The summed E-state index contributed by atoms with van der Waals surface area (Å²) in [5, 5.41) is 2.98. The van der Waals surface area contributed by atoms with Gasteiger partial charge in [0.05, 0.1) is 26.1 Å². The van der Waals surface area contributed by atoms with Crippen molar-refractivity contribution in [2.24, 2.45) is 0 Å². The van der Waals surface area contributed by atoms with Crippen LogP contribution in [0.15, 0.2) is 30.9 Å². The van der Waals surface area contributed by atoms with Gasteiger partial charge in [-0.3, -0.25) is 4.79 Å². The number of benzene rings is 1. The standard InChI is InChI=1S/C15H18IN3O3/c1-10(8-19-5-4-17-9-19)18-15(20)11-6-13(21-2)14(22-3)7-12(11)16/h4-7,9-10H,8H2,1-3H3,(H,18,20). The van der Waals surface area contributed by atoms with Gasteiger partial charge in [-0.05, 0) is 41.6 Å². The molecule has 2 rings (SSSR count). The van der Waals surface area contributed by atoms with E-state index in [1.807, 2.05) is 17.7 Å². The molecule has 118 valence electrons. The maximum Gasteiger partial charge on any atom is 0.252 e. The Morgan fingerprint density at radius 3 is 2.64 bits per heavy atom. The summed E-state index contributed by atoms with van der Waals surface area (Å²) in [4.78, 5) is 16.4. The molecule has 22 heavy (non-hydrogen) atoms. The van der Waals surface area contributed by atoms with E-state index >= 15 is 0 Å². The van der Waals surface area contributed by atoms with Crippen molar-refractivity contribution in [1.82, 2.24) is 14.9 Å². The number of hydrogen-bond donors (Lipinski definition) is 1. The molecule has 1 amide bonds. The second-order valence-electron chi connectivity index (χ2n) is 4.82. The number of hydrogen-bond acceptors (Lipinski definition) is 4.